The first-order valence-electron chi connectivity index (χ1n) is 9.17. The van der Waals surface area contributed by atoms with Crippen LogP contribution in [0.2, 0.25) is 0 Å². The van der Waals surface area contributed by atoms with Crippen LogP contribution in [0.5, 0.6) is 0 Å². The zero-order chi connectivity index (χ0) is 19.7. The zero-order valence-electron chi connectivity index (χ0n) is 15.8. The lowest BCUT2D eigenvalue weighted by Crippen LogP contribution is -2.39. The van der Waals surface area contributed by atoms with Gasteiger partial charge in [0.15, 0.2) is 11.2 Å². The third kappa shape index (κ3) is 3.49. The first kappa shape index (κ1) is 18.9. The summed E-state index contributed by atoms with van der Waals surface area (Å²) in [6.45, 7) is 1.76. The Morgan fingerprint density at radius 3 is 2.96 bits per heavy atom. The molecular formula is C16H22N8O3S. The van der Waals surface area contributed by atoms with Crippen molar-refractivity contribution in [1.29, 1.82) is 0 Å². The number of imidazole rings is 1. The van der Waals surface area contributed by atoms with Crippen molar-refractivity contribution in [1.82, 2.24) is 38.9 Å². The van der Waals surface area contributed by atoms with E-state index in [-0.39, 0.29) is 17.4 Å². The van der Waals surface area contributed by atoms with Crippen molar-refractivity contribution in [2.75, 3.05) is 12.4 Å². The summed E-state index contributed by atoms with van der Waals surface area (Å²) in [5, 5.41) is 12.6. The van der Waals surface area contributed by atoms with Gasteiger partial charge in [0.05, 0.1) is 19.0 Å². The molecular weight excluding hydrogens is 384 g/mol. The predicted octanol–water partition coefficient (Wildman–Crippen LogP) is -0.218. The Morgan fingerprint density at radius 1 is 1.32 bits per heavy atom. The maximum atomic E-state index is 12.7. The minimum Gasteiger partial charge on any atom is -0.376 e. The standard InChI is InChI=1S/C16H22N8O3S/c1-21-10-17-13-12(21)14(25)23(16(26)22(13)2)6-4-8-28-15-18-19-20-24(15)9-11-5-3-7-27-11/h10-11H,3-9H2,1-2H3/t11-/m1/s1. The van der Waals surface area contributed by atoms with E-state index in [1.54, 1.807) is 29.7 Å². The SMILES string of the molecule is Cn1cnc2c1c(=O)n(CCCSc1nnnn1C[C@H]1CCCO1)c(=O)n2C. The fourth-order valence-electron chi connectivity index (χ4n) is 3.38. The third-order valence-electron chi connectivity index (χ3n) is 4.86. The molecule has 0 radical (unpaired) electrons. The van der Waals surface area contributed by atoms with Crippen LogP contribution >= 0.6 is 11.8 Å². The van der Waals surface area contributed by atoms with Gasteiger partial charge in [-0.15, -0.1) is 5.10 Å². The molecule has 1 aliphatic rings. The van der Waals surface area contributed by atoms with Gasteiger partial charge in [-0.25, -0.2) is 14.5 Å². The zero-order valence-corrected chi connectivity index (χ0v) is 16.6. The number of aryl methyl sites for hydroxylation is 2. The second-order valence-electron chi connectivity index (χ2n) is 6.81. The van der Waals surface area contributed by atoms with Crippen molar-refractivity contribution in [3.8, 4) is 0 Å². The fourth-order valence-corrected chi connectivity index (χ4v) is 4.19. The van der Waals surface area contributed by atoms with Gasteiger partial charge in [-0.1, -0.05) is 11.8 Å². The maximum Gasteiger partial charge on any atom is 0.332 e. The molecule has 0 aromatic carbocycles. The molecule has 0 unspecified atom stereocenters. The highest BCUT2D eigenvalue weighted by atomic mass is 32.2. The molecule has 0 spiro atoms. The van der Waals surface area contributed by atoms with Crippen molar-refractivity contribution in [2.24, 2.45) is 14.1 Å². The molecule has 1 aliphatic heterocycles. The number of thioether (sulfide) groups is 1. The van der Waals surface area contributed by atoms with E-state index in [9.17, 15) is 9.59 Å². The maximum absolute atomic E-state index is 12.7. The van der Waals surface area contributed by atoms with Crippen LogP contribution in [0.4, 0.5) is 0 Å². The average molecular weight is 406 g/mol. The normalized spacial score (nSPS) is 17.0. The van der Waals surface area contributed by atoms with Gasteiger partial charge >= 0.3 is 5.69 Å². The molecule has 0 N–H and O–H groups in total. The number of rotatable bonds is 7. The van der Waals surface area contributed by atoms with Crippen molar-refractivity contribution >= 4 is 22.9 Å². The van der Waals surface area contributed by atoms with Crippen LogP contribution in [-0.2, 0) is 31.9 Å². The summed E-state index contributed by atoms with van der Waals surface area (Å²) in [5.41, 5.74) is 0.155. The first-order valence-corrected chi connectivity index (χ1v) is 10.2. The van der Waals surface area contributed by atoms with Gasteiger partial charge in [0.25, 0.3) is 5.56 Å². The van der Waals surface area contributed by atoms with Gasteiger partial charge in [0.2, 0.25) is 5.16 Å². The molecule has 12 heteroatoms. The summed E-state index contributed by atoms with van der Waals surface area (Å²) < 4.78 is 11.7. The number of ether oxygens (including phenoxy) is 1. The molecule has 150 valence electrons. The van der Waals surface area contributed by atoms with Gasteiger partial charge in [0, 0.05) is 33.0 Å². The van der Waals surface area contributed by atoms with Gasteiger partial charge < -0.3 is 9.30 Å². The highest BCUT2D eigenvalue weighted by Gasteiger charge is 2.19. The third-order valence-corrected chi connectivity index (χ3v) is 5.90. The second-order valence-corrected chi connectivity index (χ2v) is 7.87. The number of hydrogen-bond acceptors (Lipinski definition) is 8. The van der Waals surface area contributed by atoms with Gasteiger partial charge in [-0.2, -0.15) is 0 Å². The quantitative estimate of drug-likeness (QED) is 0.391. The Kier molecular flexibility index (Phi) is 5.31. The molecule has 0 amide bonds. The topological polar surface area (TPSA) is 115 Å². The number of hydrogen-bond donors (Lipinski definition) is 0. The molecule has 0 aliphatic carbocycles. The molecule has 4 heterocycles. The smallest absolute Gasteiger partial charge is 0.332 e. The van der Waals surface area contributed by atoms with Crippen LogP contribution in [0.3, 0.4) is 0 Å². The molecule has 3 aromatic heterocycles. The van der Waals surface area contributed by atoms with E-state index >= 15 is 0 Å². The summed E-state index contributed by atoms with van der Waals surface area (Å²) in [6.07, 6.45) is 4.43. The molecule has 11 nitrogen and oxygen atoms in total. The Balaban J connectivity index is 1.41. The Hall–Kier alpha value is -2.47. The van der Waals surface area contributed by atoms with Gasteiger partial charge in [0.1, 0.15) is 0 Å². The second kappa shape index (κ2) is 7.87. The molecule has 1 saturated heterocycles. The predicted molar refractivity (Wildman–Crippen MR) is 102 cm³/mol. The Bertz CT molecular complexity index is 1090. The molecule has 1 fully saturated rings. The number of aromatic nitrogens is 8. The van der Waals surface area contributed by atoms with Crippen molar-refractivity contribution in [2.45, 2.75) is 43.6 Å². The van der Waals surface area contributed by atoms with Crippen molar-refractivity contribution in [3.05, 3.63) is 27.2 Å². The molecule has 0 saturated carbocycles. The highest BCUT2D eigenvalue weighted by molar-refractivity contribution is 7.99. The van der Waals surface area contributed by atoms with Crippen LogP contribution in [0.25, 0.3) is 11.2 Å². The minimum atomic E-state index is -0.357. The molecule has 0 bridgehead atoms. The van der Waals surface area contributed by atoms with Crippen LogP contribution in [0.15, 0.2) is 21.1 Å². The summed E-state index contributed by atoms with van der Waals surface area (Å²) in [4.78, 5) is 29.3. The largest absolute Gasteiger partial charge is 0.376 e. The average Bonchev–Trinajstić information content (AvgIpc) is 3.42. The fraction of sp³-hybridized carbons (Fsp3) is 0.625. The molecule has 28 heavy (non-hydrogen) atoms. The van der Waals surface area contributed by atoms with E-state index in [0.29, 0.717) is 36.4 Å². The van der Waals surface area contributed by atoms with Crippen LogP contribution in [0, 0.1) is 0 Å². The lowest BCUT2D eigenvalue weighted by molar-refractivity contribution is 0.0912. The van der Waals surface area contributed by atoms with E-state index in [2.05, 4.69) is 20.5 Å². The lowest BCUT2D eigenvalue weighted by atomic mass is 10.2. The van der Waals surface area contributed by atoms with Crippen molar-refractivity contribution < 1.29 is 4.74 Å². The lowest BCUT2D eigenvalue weighted by Gasteiger charge is -2.10. The summed E-state index contributed by atoms with van der Waals surface area (Å²) >= 11 is 1.51. The minimum absolute atomic E-state index is 0.162. The Labute approximate surface area is 164 Å². The van der Waals surface area contributed by atoms with Crippen LogP contribution in [-0.4, -0.2) is 57.4 Å². The van der Waals surface area contributed by atoms with E-state index < -0.39 is 0 Å². The number of nitrogens with zero attached hydrogens (tertiary/aromatic N) is 8. The van der Waals surface area contributed by atoms with Crippen LogP contribution in [0.1, 0.15) is 19.3 Å². The molecule has 4 rings (SSSR count). The van der Waals surface area contributed by atoms with Crippen molar-refractivity contribution in [3.63, 3.8) is 0 Å². The van der Waals surface area contributed by atoms with Gasteiger partial charge in [-0.05, 0) is 29.7 Å². The Morgan fingerprint density at radius 2 is 2.18 bits per heavy atom. The molecule has 3 aromatic rings. The number of fused-ring (bicyclic) bond motifs is 1. The molecule has 1 atom stereocenters. The van der Waals surface area contributed by atoms with E-state index in [4.69, 9.17) is 4.74 Å². The monoisotopic (exact) mass is 406 g/mol. The number of tetrazole rings is 1. The first-order chi connectivity index (χ1) is 13.6. The van der Waals surface area contributed by atoms with E-state index in [1.165, 1.54) is 20.9 Å². The van der Waals surface area contributed by atoms with E-state index in [0.717, 1.165) is 24.6 Å². The summed E-state index contributed by atoms with van der Waals surface area (Å²) in [7, 11) is 3.37. The summed E-state index contributed by atoms with van der Waals surface area (Å²) in [6, 6.07) is 0. The van der Waals surface area contributed by atoms with Gasteiger partial charge in [-0.3, -0.25) is 13.9 Å². The summed E-state index contributed by atoms with van der Waals surface area (Å²) in [5.74, 6) is 0.685. The van der Waals surface area contributed by atoms with Crippen LogP contribution < -0.4 is 11.2 Å². The van der Waals surface area contributed by atoms with E-state index in [1.807, 2.05) is 0 Å². The highest BCUT2D eigenvalue weighted by Crippen LogP contribution is 2.19.